The molecule has 3 aromatic rings. The maximum atomic E-state index is 14.0. The Morgan fingerprint density at radius 2 is 2.12 bits per heavy atom. The standard InChI is InChI=1S/C17H17ClFN3O2S/c1-2-3-9-22-11-16(13-5-4-8-20-17(13)22)25(23,24)21-15-7-6-12(18)10-14(15)19/h4-8,10-11,21H,2-3,9H2,1H3. The summed E-state index contributed by atoms with van der Waals surface area (Å²) < 4.78 is 43.6. The van der Waals surface area contributed by atoms with Gasteiger partial charge in [-0.15, -0.1) is 0 Å². The molecule has 1 aromatic carbocycles. The summed E-state index contributed by atoms with van der Waals surface area (Å²) in [5.41, 5.74) is 0.440. The molecule has 0 atom stereocenters. The molecule has 0 saturated heterocycles. The molecule has 0 aliphatic rings. The van der Waals surface area contributed by atoms with Crippen molar-refractivity contribution in [3.8, 4) is 0 Å². The van der Waals surface area contributed by atoms with Gasteiger partial charge in [-0.3, -0.25) is 4.72 Å². The lowest BCUT2D eigenvalue weighted by molar-refractivity contribution is 0.597. The molecule has 0 aliphatic heterocycles. The topological polar surface area (TPSA) is 64.0 Å². The summed E-state index contributed by atoms with van der Waals surface area (Å²) in [5.74, 6) is -0.732. The van der Waals surface area contributed by atoms with Crippen molar-refractivity contribution >= 4 is 38.3 Å². The van der Waals surface area contributed by atoms with E-state index in [0.29, 0.717) is 17.6 Å². The van der Waals surface area contributed by atoms with E-state index in [-0.39, 0.29) is 15.6 Å². The van der Waals surface area contributed by atoms with Gasteiger partial charge in [0.05, 0.1) is 5.69 Å². The van der Waals surface area contributed by atoms with Crippen LogP contribution in [0, 0.1) is 5.82 Å². The summed E-state index contributed by atoms with van der Waals surface area (Å²) in [6, 6.07) is 7.15. The minimum absolute atomic E-state index is 0.0704. The first-order chi connectivity index (χ1) is 11.9. The molecular weight excluding hydrogens is 365 g/mol. The number of rotatable bonds is 6. The van der Waals surface area contributed by atoms with Crippen LogP contribution in [0.15, 0.2) is 47.6 Å². The fourth-order valence-corrected chi connectivity index (χ4v) is 4.01. The highest BCUT2D eigenvalue weighted by Crippen LogP contribution is 2.27. The van der Waals surface area contributed by atoms with Crippen LogP contribution in [0.3, 0.4) is 0 Å². The lowest BCUT2D eigenvalue weighted by atomic mass is 10.3. The summed E-state index contributed by atoms with van der Waals surface area (Å²) in [4.78, 5) is 4.35. The minimum atomic E-state index is -3.97. The summed E-state index contributed by atoms with van der Waals surface area (Å²) >= 11 is 5.71. The molecule has 8 heteroatoms. The number of aromatic nitrogens is 2. The van der Waals surface area contributed by atoms with E-state index < -0.39 is 15.8 Å². The molecule has 2 aromatic heterocycles. The zero-order valence-corrected chi connectivity index (χ0v) is 15.1. The first-order valence-electron chi connectivity index (χ1n) is 7.84. The van der Waals surface area contributed by atoms with Crippen LogP contribution in [0.1, 0.15) is 19.8 Å². The molecule has 0 radical (unpaired) electrons. The Balaban J connectivity index is 2.05. The monoisotopic (exact) mass is 381 g/mol. The number of nitrogens with one attached hydrogen (secondary N) is 1. The Morgan fingerprint density at radius 1 is 1.32 bits per heavy atom. The third kappa shape index (κ3) is 3.62. The average Bonchev–Trinajstić information content (AvgIpc) is 2.95. The van der Waals surface area contributed by atoms with Crippen LogP contribution in [0.4, 0.5) is 10.1 Å². The molecule has 1 N–H and O–H groups in total. The molecule has 0 aliphatic carbocycles. The fraction of sp³-hybridized carbons (Fsp3) is 0.235. The number of unbranched alkanes of at least 4 members (excludes halogenated alkanes) is 1. The van der Waals surface area contributed by atoms with Crippen LogP contribution < -0.4 is 4.72 Å². The highest BCUT2D eigenvalue weighted by atomic mass is 35.5. The molecule has 0 unspecified atom stereocenters. The molecule has 0 spiro atoms. The predicted octanol–water partition coefficient (Wildman–Crippen LogP) is 4.43. The lowest BCUT2D eigenvalue weighted by Crippen LogP contribution is -2.13. The third-order valence-corrected chi connectivity index (χ3v) is 5.44. The Kier molecular flexibility index (Phi) is 4.96. The van der Waals surface area contributed by atoms with Crippen LogP contribution in [0.25, 0.3) is 11.0 Å². The predicted molar refractivity (Wildman–Crippen MR) is 96.9 cm³/mol. The Labute approximate surface area is 150 Å². The molecule has 25 heavy (non-hydrogen) atoms. The maximum Gasteiger partial charge on any atom is 0.264 e. The lowest BCUT2D eigenvalue weighted by Gasteiger charge is -2.08. The summed E-state index contributed by atoms with van der Waals surface area (Å²) in [6.45, 7) is 2.72. The largest absolute Gasteiger partial charge is 0.331 e. The van der Waals surface area contributed by atoms with Gasteiger partial charge in [0.15, 0.2) is 0 Å². The number of halogens is 2. The van der Waals surface area contributed by atoms with E-state index in [1.54, 1.807) is 24.5 Å². The van der Waals surface area contributed by atoms with Crippen molar-refractivity contribution in [1.82, 2.24) is 9.55 Å². The normalized spacial score (nSPS) is 11.8. The molecule has 2 heterocycles. The number of benzene rings is 1. The molecule has 132 valence electrons. The van der Waals surface area contributed by atoms with Crippen molar-refractivity contribution in [3.05, 3.63) is 53.6 Å². The smallest absolute Gasteiger partial charge is 0.264 e. The second kappa shape index (κ2) is 7.01. The summed E-state index contributed by atoms with van der Waals surface area (Å²) in [5, 5.41) is 0.696. The van der Waals surface area contributed by atoms with Gasteiger partial charge in [-0.1, -0.05) is 24.9 Å². The van der Waals surface area contributed by atoms with Crippen LogP contribution in [-0.4, -0.2) is 18.0 Å². The van der Waals surface area contributed by atoms with Crippen molar-refractivity contribution < 1.29 is 12.8 Å². The number of aryl methyl sites for hydroxylation is 1. The van der Waals surface area contributed by atoms with Crippen molar-refractivity contribution in [2.75, 3.05) is 4.72 Å². The van der Waals surface area contributed by atoms with Crippen LogP contribution in [0.5, 0.6) is 0 Å². The van der Waals surface area contributed by atoms with E-state index in [0.717, 1.165) is 18.9 Å². The van der Waals surface area contributed by atoms with Crippen LogP contribution in [-0.2, 0) is 16.6 Å². The molecule has 5 nitrogen and oxygen atoms in total. The second-order valence-corrected chi connectivity index (χ2v) is 7.73. The third-order valence-electron chi connectivity index (χ3n) is 3.81. The summed E-state index contributed by atoms with van der Waals surface area (Å²) in [6.07, 6.45) is 5.04. The number of anilines is 1. The maximum absolute atomic E-state index is 14.0. The van der Waals surface area contributed by atoms with E-state index in [2.05, 4.69) is 16.6 Å². The highest BCUT2D eigenvalue weighted by Gasteiger charge is 2.22. The van der Waals surface area contributed by atoms with E-state index in [4.69, 9.17) is 11.6 Å². The van der Waals surface area contributed by atoms with E-state index in [1.807, 2.05) is 4.57 Å². The number of hydrogen-bond acceptors (Lipinski definition) is 3. The Bertz CT molecular complexity index is 1020. The van der Waals surface area contributed by atoms with Gasteiger partial charge in [0.25, 0.3) is 10.0 Å². The number of hydrogen-bond donors (Lipinski definition) is 1. The van der Waals surface area contributed by atoms with Gasteiger partial charge in [0.1, 0.15) is 16.4 Å². The first-order valence-corrected chi connectivity index (χ1v) is 9.70. The van der Waals surface area contributed by atoms with E-state index in [1.165, 1.54) is 12.1 Å². The number of pyridine rings is 1. The quantitative estimate of drug-likeness (QED) is 0.687. The van der Waals surface area contributed by atoms with E-state index in [9.17, 15) is 12.8 Å². The molecule has 3 rings (SSSR count). The second-order valence-electron chi connectivity index (χ2n) is 5.64. The Hall–Kier alpha value is -2.12. The zero-order valence-electron chi connectivity index (χ0n) is 13.5. The summed E-state index contributed by atoms with van der Waals surface area (Å²) in [7, 11) is -3.97. The van der Waals surface area contributed by atoms with Crippen molar-refractivity contribution in [2.24, 2.45) is 0 Å². The minimum Gasteiger partial charge on any atom is -0.331 e. The molecular formula is C17H17ClFN3O2S. The molecule has 0 amide bonds. The Morgan fingerprint density at radius 3 is 2.84 bits per heavy atom. The van der Waals surface area contributed by atoms with Gasteiger partial charge in [0, 0.05) is 29.3 Å². The van der Waals surface area contributed by atoms with Gasteiger partial charge in [0.2, 0.25) is 0 Å². The zero-order chi connectivity index (χ0) is 18.0. The van der Waals surface area contributed by atoms with Gasteiger partial charge in [-0.2, -0.15) is 0 Å². The molecule has 0 saturated carbocycles. The van der Waals surface area contributed by atoms with E-state index >= 15 is 0 Å². The molecule has 0 bridgehead atoms. The van der Waals surface area contributed by atoms with Crippen molar-refractivity contribution in [2.45, 2.75) is 31.2 Å². The van der Waals surface area contributed by atoms with Crippen LogP contribution in [0.2, 0.25) is 5.02 Å². The highest BCUT2D eigenvalue weighted by molar-refractivity contribution is 7.93. The first kappa shape index (κ1) is 17.7. The molecule has 0 fully saturated rings. The van der Waals surface area contributed by atoms with Gasteiger partial charge >= 0.3 is 0 Å². The number of fused-ring (bicyclic) bond motifs is 1. The van der Waals surface area contributed by atoms with Gasteiger partial charge < -0.3 is 4.57 Å². The van der Waals surface area contributed by atoms with Crippen LogP contribution >= 0.6 is 11.6 Å². The fourth-order valence-electron chi connectivity index (χ4n) is 2.58. The van der Waals surface area contributed by atoms with Crippen molar-refractivity contribution in [1.29, 1.82) is 0 Å². The SMILES string of the molecule is CCCCn1cc(S(=O)(=O)Nc2ccc(Cl)cc2F)c2cccnc21. The average molecular weight is 382 g/mol. The number of nitrogens with zero attached hydrogens (tertiary/aromatic N) is 2. The van der Waals surface area contributed by atoms with Crippen molar-refractivity contribution in [3.63, 3.8) is 0 Å². The number of sulfonamides is 1. The van der Waals surface area contributed by atoms with Gasteiger partial charge in [-0.25, -0.2) is 17.8 Å². The van der Waals surface area contributed by atoms with Gasteiger partial charge in [-0.05, 0) is 36.8 Å².